The normalized spacial score (nSPS) is 12.6. The van der Waals surface area contributed by atoms with E-state index in [9.17, 15) is 4.39 Å². The average Bonchev–Trinajstić information content (AvgIpc) is 2.83. The number of aryl methyl sites for hydroxylation is 1. The Morgan fingerprint density at radius 3 is 2.82 bits per heavy atom. The van der Waals surface area contributed by atoms with Gasteiger partial charge in [0.2, 0.25) is 0 Å². The van der Waals surface area contributed by atoms with Gasteiger partial charge in [0.1, 0.15) is 5.82 Å². The first-order valence-electron chi connectivity index (χ1n) is 5.75. The van der Waals surface area contributed by atoms with E-state index >= 15 is 0 Å². The first-order chi connectivity index (χ1) is 8.22. The van der Waals surface area contributed by atoms with Gasteiger partial charge in [0.05, 0.1) is 6.04 Å². The van der Waals surface area contributed by atoms with Crippen LogP contribution < -0.4 is 5.32 Å². The number of halogens is 1. The molecule has 2 rings (SSSR count). The van der Waals surface area contributed by atoms with E-state index in [0.717, 1.165) is 22.5 Å². The van der Waals surface area contributed by atoms with Gasteiger partial charge in [0.15, 0.2) is 0 Å². The fraction of sp³-hybridized carbons (Fsp3) is 0.286. The molecular weight excluding hydrogens is 233 g/mol. The van der Waals surface area contributed by atoms with Crippen molar-refractivity contribution in [1.29, 1.82) is 0 Å². The zero-order chi connectivity index (χ0) is 12.3. The van der Waals surface area contributed by atoms with Crippen molar-refractivity contribution in [3.63, 3.8) is 0 Å². The van der Waals surface area contributed by atoms with Crippen LogP contribution in [-0.2, 0) is 0 Å². The molecule has 0 aliphatic carbocycles. The molecule has 0 aliphatic rings. The molecule has 3 heteroatoms. The topological polar surface area (TPSA) is 12.0 Å². The van der Waals surface area contributed by atoms with E-state index in [1.54, 1.807) is 23.5 Å². The zero-order valence-corrected chi connectivity index (χ0v) is 10.9. The predicted octanol–water partition coefficient (Wildman–Crippen LogP) is 3.89. The average molecular weight is 249 g/mol. The summed E-state index contributed by atoms with van der Waals surface area (Å²) in [5, 5.41) is 5.36. The molecule has 2 aromatic rings. The lowest BCUT2D eigenvalue weighted by molar-refractivity contribution is 0.562. The molecule has 0 aliphatic heterocycles. The minimum Gasteiger partial charge on any atom is -0.306 e. The highest BCUT2D eigenvalue weighted by Crippen LogP contribution is 2.28. The first kappa shape index (κ1) is 12.3. The van der Waals surface area contributed by atoms with Crippen LogP contribution >= 0.6 is 11.3 Å². The number of thiophene rings is 1. The Labute approximate surface area is 105 Å². The summed E-state index contributed by atoms with van der Waals surface area (Å²) in [5.74, 6) is -0.144. The molecule has 0 amide bonds. The standard InChI is InChI=1S/C14H16FNS/c1-3-16-14(13-5-4-8-17-13)11-9-10(2)6-7-12(11)15/h4-9,14,16H,3H2,1-2H3. The third kappa shape index (κ3) is 2.73. The summed E-state index contributed by atoms with van der Waals surface area (Å²) >= 11 is 1.65. The summed E-state index contributed by atoms with van der Waals surface area (Å²) in [7, 11) is 0. The quantitative estimate of drug-likeness (QED) is 0.866. The van der Waals surface area contributed by atoms with E-state index < -0.39 is 0 Å². The molecule has 1 heterocycles. The van der Waals surface area contributed by atoms with Gasteiger partial charge in [-0.1, -0.05) is 30.7 Å². The second kappa shape index (κ2) is 5.43. The SMILES string of the molecule is CCNC(c1cccs1)c1cc(C)ccc1F. The molecule has 1 nitrogen and oxygen atoms in total. The third-order valence-corrected chi connectivity index (χ3v) is 3.64. The predicted molar refractivity (Wildman–Crippen MR) is 71.0 cm³/mol. The van der Waals surface area contributed by atoms with Crippen molar-refractivity contribution in [1.82, 2.24) is 5.32 Å². The summed E-state index contributed by atoms with van der Waals surface area (Å²) in [6, 6.07) is 9.26. The van der Waals surface area contributed by atoms with Crippen molar-refractivity contribution in [2.75, 3.05) is 6.54 Å². The molecule has 0 fully saturated rings. The van der Waals surface area contributed by atoms with E-state index in [1.165, 1.54) is 0 Å². The second-order valence-electron chi connectivity index (χ2n) is 4.03. The largest absolute Gasteiger partial charge is 0.306 e. The zero-order valence-electron chi connectivity index (χ0n) is 10.0. The Bertz CT molecular complexity index is 479. The van der Waals surface area contributed by atoms with Crippen LogP contribution in [0, 0.1) is 12.7 Å². The van der Waals surface area contributed by atoms with Gasteiger partial charge in [-0.05, 0) is 31.0 Å². The van der Waals surface area contributed by atoms with Gasteiger partial charge < -0.3 is 5.32 Å². The van der Waals surface area contributed by atoms with E-state index in [1.807, 2.05) is 37.4 Å². The minimum atomic E-state index is -0.144. The van der Waals surface area contributed by atoms with Crippen molar-refractivity contribution in [2.24, 2.45) is 0 Å². The van der Waals surface area contributed by atoms with E-state index in [-0.39, 0.29) is 11.9 Å². The van der Waals surface area contributed by atoms with Crippen LogP contribution in [0.25, 0.3) is 0 Å². The van der Waals surface area contributed by atoms with Crippen molar-refractivity contribution in [3.8, 4) is 0 Å². The molecular formula is C14H16FNS. The minimum absolute atomic E-state index is 0.0418. The molecule has 1 aromatic heterocycles. The highest BCUT2D eigenvalue weighted by Gasteiger charge is 2.17. The number of benzene rings is 1. The van der Waals surface area contributed by atoms with Crippen LogP contribution in [0.3, 0.4) is 0 Å². The third-order valence-electron chi connectivity index (χ3n) is 2.70. The van der Waals surface area contributed by atoms with Crippen LogP contribution in [0.15, 0.2) is 35.7 Å². The van der Waals surface area contributed by atoms with Crippen LogP contribution in [0.1, 0.15) is 29.0 Å². The molecule has 1 N–H and O–H groups in total. The Kier molecular flexibility index (Phi) is 3.92. The fourth-order valence-corrected chi connectivity index (χ4v) is 2.73. The molecule has 90 valence electrons. The summed E-state index contributed by atoms with van der Waals surface area (Å²) in [6.45, 7) is 4.84. The van der Waals surface area contributed by atoms with Crippen molar-refractivity contribution >= 4 is 11.3 Å². The lowest BCUT2D eigenvalue weighted by Crippen LogP contribution is -2.22. The number of hydrogen-bond donors (Lipinski definition) is 1. The van der Waals surface area contributed by atoms with E-state index in [2.05, 4.69) is 5.32 Å². The molecule has 0 bridgehead atoms. The van der Waals surface area contributed by atoms with Crippen molar-refractivity contribution < 1.29 is 4.39 Å². The lowest BCUT2D eigenvalue weighted by Gasteiger charge is -2.18. The molecule has 1 aromatic carbocycles. The Hall–Kier alpha value is -1.19. The van der Waals surface area contributed by atoms with Gasteiger partial charge in [-0.2, -0.15) is 0 Å². The number of hydrogen-bond acceptors (Lipinski definition) is 2. The first-order valence-corrected chi connectivity index (χ1v) is 6.63. The van der Waals surface area contributed by atoms with Gasteiger partial charge in [0.25, 0.3) is 0 Å². The smallest absolute Gasteiger partial charge is 0.128 e. The highest BCUT2D eigenvalue weighted by atomic mass is 32.1. The van der Waals surface area contributed by atoms with E-state index in [4.69, 9.17) is 0 Å². The molecule has 0 saturated heterocycles. The summed E-state index contributed by atoms with van der Waals surface area (Å²) in [5.41, 5.74) is 1.81. The van der Waals surface area contributed by atoms with Crippen LogP contribution in [-0.4, -0.2) is 6.54 Å². The van der Waals surface area contributed by atoms with Gasteiger partial charge in [-0.25, -0.2) is 4.39 Å². The maximum Gasteiger partial charge on any atom is 0.128 e. The van der Waals surface area contributed by atoms with Crippen LogP contribution in [0.2, 0.25) is 0 Å². The number of rotatable bonds is 4. The van der Waals surface area contributed by atoms with Gasteiger partial charge in [0, 0.05) is 10.4 Å². The maximum absolute atomic E-state index is 13.9. The lowest BCUT2D eigenvalue weighted by atomic mass is 10.0. The summed E-state index contributed by atoms with van der Waals surface area (Å²) < 4.78 is 13.9. The Morgan fingerprint density at radius 2 is 2.18 bits per heavy atom. The van der Waals surface area contributed by atoms with E-state index in [0.29, 0.717) is 0 Å². The molecule has 0 radical (unpaired) electrons. The maximum atomic E-state index is 13.9. The Morgan fingerprint density at radius 1 is 1.35 bits per heavy atom. The van der Waals surface area contributed by atoms with Gasteiger partial charge >= 0.3 is 0 Å². The number of nitrogens with one attached hydrogen (secondary N) is 1. The van der Waals surface area contributed by atoms with Gasteiger partial charge in [-0.15, -0.1) is 11.3 Å². The monoisotopic (exact) mass is 249 g/mol. The van der Waals surface area contributed by atoms with Crippen LogP contribution in [0.4, 0.5) is 4.39 Å². The summed E-state index contributed by atoms with van der Waals surface area (Å²) in [4.78, 5) is 1.15. The van der Waals surface area contributed by atoms with Crippen molar-refractivity contribution in [2.45, 2.75) is 19.9 Å². The second-order valence-corrected chi connectivity index (χ2v) is 5.01. The van der Waals surface area contributed by atoms with Crippen molar-refractivity contribution in [3.05, 3.63) is 57.5 Å². The molecule has 1 unspecified atom stereocenters. The summed E-state index contributed by atoms with van der Waals surface area (Å²) in [6.07, 6.45) is 0. The van der Waals surface area contributed by atoms with Gasteiger partial charge in [-0.3, -0.25) is 0 Å². The molecule has 17 heavy (non-hydrogen) atoms. The molecule has 0 saturated carbocycles. The molecule has 1 atom stereocenters. The van der Waals surface area contributed by atoms with Crippen LogP contribution in [0.5, 0.6) is 0 Å². The Balaban J connectivity index is 2.42. The highest BCUT2D eigenvalue weighted by molar-refractivity contribution is 7.10. The fourth-order valence-electron chi connectivity index (χ4n) is 1.91. The molecule has 0 spiro atoms.